The average molecular weight is 328 g/mol. The Morgan fingerprint density at radius 3 is 2.84 bits per heavy atom. The molecular formula is C15H22BrNO2. The van der Waals surface area contributed by atoms with Gasteiger partial charge in [-0.1, -0.05) is 28.4 Å². The number of hydrogen-bond donors (Lipinski definition) is 2. The summed E-state index contributed by atoms with van der Waals surface area (Å²) in [5.41, 5.74) is 1.22. The second kappa shape index (κ2) is 6.73. The van der Waals surface area contributed by atoms with E-state index >= 15 is 0 Å². The summed E-state index contributed by atoms with van der Waals surface area (Å²) in [6, 6.07) is 6.29. The largest absolute Gasteiger partial charge is 0.497 e. The van der Waals surface area contributed by atoms with E-state index in [4.69, 9.17) is 4.74 Å². The third kappa shape index (κ3) is 3.71. The van der Waals surface area contributed by atoms with E-state index in [1.807, 2.05) is 12.1 Å². The van der Waals surface area contributed by atoms with E-state index in [1.54, 1.807) is 7.11 Å². The van der Waals surface area contributed by atoms with Crippen LogP contribution in [0.25, 0.3) is 0 Å². The molecule has 0 aromatic heterocycles. The van der Waals surface area contributed by atoms with E-state index in [0.29, 0.717) is 5.92 Å². The molecule has 1 aromatic rings. The number of ether oxygens (including phenoxy) is 1. The van der Waals surface area contributed by atoms with Gasteiger partial charge in [-0.25, -0.2) is 0 Å². The Morgan fingerprint density at radius 2 is 2.26 bits per heavy atom. The summed E-state index contributed by atoms with van der Waals surface area (Å²) in [7, 11) is 1.67. The first-order chi connectivity index (χ1) is 9.11. The molecule has 0 bridgehead atoms. The van der Waals surface area contributed by atoms with Crippen LogP contribution in [0, 0.1) is 5.92 Å². The molecule has 3 unspecified atom stereocenters. The van der Waals surface area contributed by atoms with Crippen molar-refractivity contribution in [3.05, 3.63) is 28.2 Å². The highest BCUT2D eigenvalue weighted by molar-refractivity contribution is 9.10. The molecule has 1 aliphatic carbocycles. The maximum Gasteiger partial charge on any atom is 0.120 e. The van der Waals surface area contributed by atoms with Gasteiger partial charge in [0.15, 0.2) is 0 Å². The second-order valence-corrected chi connectivity index (χ2v) is 6.13. The minimum absolute atomic E-state index is 0.126. The number of nitrogens with one attached hydrogen (secondary N) is 1. The van der Waals surface area contributed by atoms with Gasteiger partial charge in [0.05, 0.1) is 13.2 Å². The van der Waals surface area contributed by atoms with E-state index in [9.17, 15) is 5.11 Å². The number of rotatable bonds is 5. The van der Waals surface area contributed by atoms with Gasteiger partial charge in [-0.2, -0.15) is 0 Å². The van der Waals surface area contributed by atoms with E-state index in [2.05, 4.69) is 34.2 Å². The number of methoxy groups -OCH3 is 1. The van der Waals surface area contributed by atoms with Crippen LogP contribution in [0.5, 0.6) is 5.75 Å². The minimum atomic E-state index is -0.126. The average Bonchev–Trinajstić information content (AvgIpc) is 2.81. The fourth-order valence-electron chi connectivity index (χ4n) is 2.68. The zero-order valence-electron chi connectivity index (χ0n) is 11.5. The molecule has 2 N–H and O–H groups in total. The lowest BCUT2D eigenvalue weighted by Gasteiger charge is -2.21. The van der Waals surface area contributed by atoms with Crippen LogP contribution in [-0.2, 0) is 0 Å². The van der Waals surface area contributed by atoms with E-state index < -0.39 is 0 Å². The standard InChI is InChI=1S/C15H22BrNO2/c1-10(17-9-11-4-3-5-15(11)18)13-7-6-12(19-2)8-14(13)16/h6-8,10-11,15,17-18H,3-5,9H2,1-2H3. The van der Waals surface area contributed by atoms with Gasteiger partial charge in [0.25, 0.3) is 0 Å². The van der Waals surface area contributed by atoms with Crippen LogP contribution < -0.4 is 10.1 Å². The van der Waals surface area contributed by atoms with E-state index in [0.717, 1.165) is 36.0 Å². The Balaban J connectivity index is 1.94. The topological polar surface area (TPSA) is 41.5 Å². The van der Waals surface area contributed by atoms with Crippen LogP contribution in [0.2, 0.25) is 0 Å². The molecular weight excluding hydrogens is 306 g/mol. The van der Waals surface area contributed by atoms with Crippen molar-refractivity contribution in [2.45, 2.75) is 38.3 Å². The third-order valence-corrected chi connectivity index (χ3v) is 4.67. The predicted octanol–water partition coefficient (Wildman–Crippen LogP) is 3.27. The Bertz CT molecular complexity index is 425. The van der Waals surface area contributed by atoms with Crippen LogP contribution in [-0.4, -0.2) is 24.9 Å². The minimum Gasteiger partial charge on any atom is -0.497 e. The fraction of sp³-hybridized carbons (Fsp3) is 0.600. The molecule has 0 spiro atoms. The van der Waals surface area contributed by atoms with Crippen molar-refractivity contribution in [2.75, 3.05) is 13.7 Å². The van der Waals surface area contributed by atoms with Crippen molar-refractivity contribution in [3.63, 3.8) is 0 Å². The normalized spacial score (nSPS) is 24.4. The summed E-state index contributed by atoms with van der Waals surface area (Å²) < 4.78 is 6.26. The van der Waals surface area contributed by atoms with Gasteiger partial charge in [0, 0.05) is 17.1 Å². The Kier molecular flexibility index (Phi) is 5.25. The van der Waals surface area contributed by atoms with E-state index in [-0.39, 0.29) is 12.1 Å². The van der Waals surface area contributed by atoms with Crippen LogP contribution in [0.15, 0.2) is 22.7 Å². The first kappa shape index (κ1) is 14.8. The van der Waals surface area contributed by atoms with Crippen molar-refractivity contribution >= 4 is 15.9 Å². The molecule has 2 rings (SSSR count). The van der Waals surface area contributed by atoms with Gasteiger partial charge >= 0.3 is 0 Å². The zero-order chi connectivity index (χ0) is 13.8. The Labute approximate surface area is 123 Å². The lowest BCUT2D eigenvalue weighted by atomic mass is 10.0. The summed E-state index contributed by atoms with van der Waals surface area (Å²) in [5, 5.41) is 13.3. The number of halogens is 1. The van der Waals surface area contributed by atoms with Crippen LogP contribution in [0.4, 0.5) is 0 Å². The number of hydrogen-bond acceptors (Lipinski definition) is 3. The molecule has 0 amide bonds. The summed E-state index contributed by atoms with van der Waals surface area (Å²) in [4.78, 5) is 0. The first-order valence-corrected chi connectivity index (χ1v) is 7.66. The third-order valence-electron chi connectivity index (χ3n) is 3.98. The molecule has 3 nitrogen and oxygen atoms in total. The van der Waals surface area contributed by atoms with Crippen LogP contribution in [0.1, 0.15) is 37.8 Å². The fourth-order valence-corrected chi connectivity index (χ4v) is 3.38. The second-order valence-electron chi connectivity index (χ2n) is 5.28. The molecule has 0 radical (unpaired) electrons. The molecule has 0 heterocycles. The molecule has 1 fully saturated rings. The molecule has 1 aromatic carbocycles. The molecule has 0 saturated heterocycles. The molecule has 1 aliphatic rings. The Hall–Kier alpha value is -0.580. The highest BCUT2D eigenvalue weighted by atomic mass is 79.9. The summed E-state index contributed by atoms with van der Waals surface area (Å²) >= 11 is 3.58. The number of benzene rings is 1. The maximum absolute atomic E-state index is 9.83. The lowest BCUT2D eigenvalue weighted by Crippen LogP contribution is -2.29. The van der Waals surface area contributed by atoms with Gasteiger partial charge in [0.2, 0.25) is 0 Å². The maximum atomic E-state index is 9.83. The van der Waals surface area contributed by atoms with Crippen molar-refractivity contribution in [3.8, 4) is 5.75 Å². The monoisotopic (exact) mass is 327 g/mol. The highest BCUT2D eigenvalue weighted by Crippen LogP contribution is 2.29. The van der Waals surface area contributed by atoms with Gasteiger partial charge in [-0.15, -0.1) is 0 Å². The lowest BCUT2D eigenvalue weighted by molar-refractivity contribution is 0.130. The van der Waals surface area contributed by atoms with Gasteiger partial charge in [-0.05, 0) is 43.4 Å². The molecule has 19 heavy (non-hydrogen) atoms. The molecule has 3 atom stereocenters. The summed E-state index contributed by atoms with van der Waals surface area (Å²) in [5.74, 6) is 1.26. The zero-order valence-corrected chi connectivity index (χ0v) is 13.1. The molecule has 1 saturated carbocycles. The van der Waals surface area contributed by atoms with Crippen molar-refractivity contribution in [1.29, 1.82) is 0 Å². The van der Waals surface area contributed by atoms with Crippen LogP contribution in [0.3, 0.4) is 0 Å². The van der Waals surface area contributed by atoms with Gasteiger partial charge < -0.3 is 15.2 Å². The summed E-state index contributed by atoms with van der Waals surface area (Å²) in [6.45, 7) is 3.02. The smallest absolute Gasteiger partial charge is 0.120 e. The molecule has 4 heteroatoms. The SMILES string of the molecule is COc1ccc(C(C)NCC2CCCC2O)c(Br)c1. The first-order valence-electron chi connectivity index (χ1n) is 6.86. The Morgan fingerprint density at radius 1 is 1.47 bits per heavy atom. The van der Waals surface area contributed by atoms with Crippen molar-refractivity contribution in [1.82, 2.24) is 5.32 Å². The molecule has 106 valence electrons. The van der Waals surface area contributed by atoms with E-state index in [1.165, 1.54) is 5.56 Å². The number of aliphatic hydroxyl groups excluding tert-OH is 1. The summed E-state index contributed by atoms with van der Waals surface area (Å²) in [6.07, 6.45) is 3.10. The van der Waals surface area contributed by atoms with Gasteiger partial charge in [0.1, 0.15) is 5.75 Å². The predicted molar refractivity (Wildman–Crippen MR) is 80.5 cm³/mol. The van der Waals surface area contributed by atoms with Gasteiger partial charge in [-0.3, -0.25) is 0 Å². The highest BCUT2D eigenvalue weighted by Gasteiger charge is 2.25. The van der Waals surface area contributed by atoms with Crippen LogP contribution >= 0.6 is 15.9 Å². The quantitative estimate of drug-likeness (QED) is 0.872. The number of aliphatic hydroxyl groups is 1. The van der Waals surface area contributed by atoms with Crippen molar-refractivity contribution in [2.24, 2.45) is 5.92 Å². The molecule has 0 aliphatic heterocycles. The van der Waals surface area contributed by atoms with Crippen molar-refractivity contribution < 1.29 is 9.84 Å².